The van der Waals surface area contributed by atoms with E-state index < -0.39 is 17.9 Å². The highest BCUT2D eigenvalue weighted by Crippen LogP contribution is 2.17. The van der Waals surface area contributed by atoms with Crippen molar-refractivity contribution in [2.24, 2.45) is 0 Å². The summed E-state index contributed by atoms with van der Waals surface area (Å²) in [6.07, 6.45) is -0.432. The van der Waals surface area contributed by atoms with Crippen molar-refractivity contribution in [3.05, 3.63) is 35.4 Å². The van der Waals surface area contributed by atoms with Gasteiger partial charge < -0.3 is 25.2 Å². The van der Waals surface area contributed by atoms with E-state index in [-0.39, 0.29) is 26.3 Å². The van der Waals surface area contributed by atoms with E-state index in [1.54, 1.807) is 0 Å². The van der Waals surface area contributed by atoms with Crippen LogP contribution in [0.1, 0.15) is 17.2 Å². The van der Waals surface area contributed by atoms with Crippen LogP contribution < -0.4 is 10.6 Å². The molecule has 1 unspecified atom stereocenters. The number of hydrogen-bond acceptors (Lipinski definition) is 5. The molecule has 0 radical (unpaired) electrons. The molecule has 1 rings (SSSR count). The number of ether oxygens (including phenoxy) is 2. The molecule has 23 heavy (non-hydrogen) atoms. The van der Waals surface area contributed by atoms with E-state index in [0.717, 1.165) is 11.1 Å². The standard InChI is InChI=1S/C16H24N2O5/c1-12-3-5-13(6-4-12)14(23-10-8-19)11-18-16(21)15(20)17-7-9-22-2/h3-6,14,19H,7-11H2,1-2H3,(H,17,20)(H,18,21). The molecular formula is C16H24N2O5. The Morgan fingerprint density at radius 3 is 2.39 bits per heavy atom. The zero-order chi connectivity index (χ0) is 17.1. The molecule has 1 aromatic rings. The first kappa shape index (κ1) is 19.1. The largest absolute Gasteiger partial charge is 0.394 e. The summed E-state index contributed by atoms with van der Waals surface area (Å²) >= 11 is 0. The van der Waals surface area contributed by atoms with Crippen molar-refractivity contribution in [2.75, 3.05) is 40.0 Å². The van der Waals surface area contributed by atoms with E-state index in [1.807, 2.05) is 31.2 Å². The smallest absolute Gasteiger partial charge is 0.309 e. The first-order valence-corrected chi connectivity index (χ1v) is 7.42. The summed E-state index contributed by atoms with van der Waals surface area (Å²) in [6, 6.07) is 7.65. The molecule has 0 heterocycles. The molecule has 0 aliphatic carbocycles. The van der Waals surface area contributed by atoms with Gasteiger partial charge in [-0.1, -0.05) is 29.8 Å². The van der Waals surface area contributed by atoms with Crippen molar-refractivity contribution in [3.8, 4) is 0 Å². The highest BCUT2D eigenvalue weighted by atomic mass is 16.5. The predicted molar refractivity (Wildman–Crippen MR) is 84.9 cm³/mol. The molecule has 1 aromatic carbocycles. The molecule has 7 heteroatoms. The number of nitrogens with one attached hydrogen (secondary N) is 2. The second kappa shape index (κ2) is 10.7. The van der Waals surface area contributed by atoms with Gasteiger partial charge in [-0.05, 0) is 12.5 Å². The van der Waals surface area contributed by atoms with E-state index in [4.69, 9.17) is 14.6 Å². The Kier molecular flexibility index (Phi) is 8.89. The fraction of sp³-hybridized carbons (Fsp3) is 0.500. The molecule has 0 bridgehead atoms. The van der Waals surface area contributed by atoms with E-state index >= 15 is 0 Å². The van der Waals surface area contributed by atoms with Gasteiger partial charge in [0.2, 0.25) is 0 Å². The molecule has 128 valence electrons. The Labute approximate surface area is 136 Å². The number of benzene rings is 1. The maximum absolute atomic E-state index is 11.7. The van der Waals surface area contributed by atoms with Crippen LogP contribution in [0.2, 0.25) is 0 Å². The molecule has 7 nitrogen and oxygen atoms in total. The number of amides is 2. The lowest BCUT2D eigenvalue weighted by atomic mass is 10.1. The lowest BCUT2D eigenvalue weighted by Crippen LogP contribution is -2.42. The summed E-state index contributed by atoms with van der Waals surface area (Å²) in [5.74, 6) is -1.45. The summed E-state index contributed by atoms with van der Waals surface area (Å²) in [6.45, 7) is 2.75. The van der Waals surface area contributed by atoms with E-state index in [1.165, 1.54) is 7.11 Å². The Morgan fingerprint density at radius 2 is 1.78 bits per heavy atom. The van der Waals surface area contributed by atoms with Gasteiger partial charge in [-0.15, -0.1) is 0 Å². The molecule has 0 spiro atoms. The van der Waals surface area contributed by atoms with Gasteiger partial charge in [-0.3, -0.25) is 9.59 Å². The minimum atomic E-state index is -0.731. The summed E-state index contributed by atoms with van der Waals surface area (Å²) < 4.78 is 10.3. The zero-order valence-corrected chi connectivity index (χ0v) is 13.5. The molecule has 0 saturated carbocycles. The molecule has 0 fully saturated rings. The highest BCUT2D eigenvalue weighted by molar-refractivity contribution is 6.35. The number of carbonyl (C=O) groups excluding carboxylic acids is 2. The summed E-state index contributed by atoms with van der Waals surface area (Å²) in [5, 5.41) is 13.9. The van der Waals surface area contributed by atoms with Crippen molar-refractivity contribution in [2.45, 2.75) is 13.0 Å². The molecule has 0 aromatic heterocycles. The van der Waals surface area contributed by atoms with Crippen LogP contribution in [0, 0.1) is 6.92 Å². The summed E-state index contributed by atoms with van der Waals surface area (Å²) in [7, 11) is 1.51. The van der Waals surface area contributed by atoms with E-state index in [9.17, 15) is 9.59 Å². The molecule has 0 aliphatic heterocycles. The van der Waals surface area contributed by atoms with Crippen LogP contribution >= 0.6 is 0 Å². The Balaban J connectivity index is 2.55. The van der Waals surface area contributed by atoms with E-state index in [2.05, 4.69) is 10.6 Å². The second-order valence-corrected chi connectivity index (χ2v) is 4.95. The molecular weight excluding hydrogens is 300 g/mol. The van der Waals surface area contributed by atoms with Crippen molar-refractivity contribution < 1.29 is 24.2 Å². The van der Waals surface area contributed by atoms with E-state index in [0.29, 0.717) is 6.61 Å². The van der Waals surface area contributed by atoms with Crippen molar-refractivity contribution in [1.29, 1.82) is 0 Å². The average molecular weight is 324 g/mol. The van der Waals surface area contributed by atoms with Gasteiger partial charge in [-0.2, -0.15) is 0 Å². The predicted octanol–water partition coefficient (Wildman–Crippen LogP) is -0.0762. The highest BCUT2D eigenvalue weighted by Gasteiger charge is 2.17. The third-order valence-electron chi connectivity index (χ3n) is 3.11. The van der Waals surface area contributed by atoms with Crippen LogP contribution in [0.5, 0.6) is 0 Å². The molecule has 3 N–H and O–H groups in total. The Morgan fingerprint density at radius 1 is 1.13 bits per heavy atom. The second-order valence-electron chi connectivity index (χ2n) is 4.95. The van der Waals surface area contributed by atoms with Gasteiger partial charge in [0, 0.05) is 20.2 Å². The Bertz CT molecular complexity index is 490. The van der Waals surface area contributed by atoms with Crippen molar-refractivity contribution in [1.82, 2.24) is 10.6 Å². The molecule has 0 aliphatic rings. The van der Waals surface area contributed by atoms with Gasteiger partial charge in [-0.25, -0.2) is 0 Å². The molecule has 2 amide bonds. The number of rotatable bonds is 9. The Hall–Kier alpha value is -1.96. The average Bonchev–Trinajstić information content (AvgIpc) is 2.56. The number of hydrogen-bond donors (Lipinski definition) is 3. The van der Waals surface area contributed by atoms with Gasteiger partial charge >= 0.3 is 11.8 Å². The lowest BCUT2D eigenvalue weighted by molar-refractivity contribution is -0.139. The first-order chi connectivity index (χ1) is 11.1. The first-order valence-electron chi connectivity index (χ1n) is 7.42. The number of methoxy groups -OCH3 is 1. The number of aliphatic hydroxyl groups excluding tert-OH is 1. The maximum Gasteiger partial charge on any atom is 0.309 e. The van der Waals surface area contributed by atoms with Gasteiger partial charge in [0.1, 0.15) is 0 Å². The fourth-order valence-electron chi connectivity index (χ4n) is 1.86. The number of aryl methyl sites for hydroxylation is 1. The maximum atomic E-state index is 11.7. The summed E-state index contributed by atoms with van der Waals surface area (Å²) in [4.78, 5) is 23.3. The zero-order valence-electron chi connectivity index (χ0n) is 13.5. The fourth-order valence-corrected chi connectivity index (χ4v) is 1.86. The minimum absolute atomic E-state index is 0.117. The van der Waals surface area contributed by atoms with Crippen molar-refractivity contribution in [3.63, 3.8) is 0 Å². The minimum Gasteiger partial charge on any atom is -0.394 e. The third-order valence-corrected chi connectivity index (χ3v) is 3.11. The molecule has 1 atom stereocenters. The van der Waals surface area contributed by atoms with Crippen LogP contribution in [0.4, 0.5) is 0 Å². The van der Waals surface area contributed by atoms with Crippen LogP contribution in [0.3, 0.4) is 0 Å². The topological polar surface area (TPSA) is 96.9 Å². The lowest BCUT2D eigenvalue weighted by Gasteiger charge is -2.18. The van der Waals surface area contributed by atoms with Crippen LogP contribution in [-0.2, 0) is 19.1 Å². The summed E-state index contributed by atoms with van der Waals surface area (Å²) in [5.41, 5.74) is 1.97. The SMILES string of the molecule is COCCNC(=O)C(=O)NCC(OCCO)c1ccc(C)cc1. The van der Waals surface area contributed by atoms with Crippen LogP contribution in [0.15, 0.2) is 24.3 Å². The van der Waals surface area contributed by atoms with Crippen LogP contribution in [0.25, 0.3) is 0 Å². The quantitative estimate of drug-likeness (QED) is 0.436. The molecule has 0 saturated heterocycles. The van der Waals surface area contributed by atoms with Gasteiger partial charge in [0.15, 0.2) is 0 Å². The normalized spacial score (nSPS) is 11.8. The monoisotopic (exact) mass is 324 g/mol. The van der Waals surface area contributed by atoms with Gasteiger partial charge in [0.05, 0.1) is 25.9 Å². The van der Waals surface area contributed by atoms with Crippen molar-refractivity contribution >= 4 is 11.8 Å². The number of aliphatic hydroxyl groups is 1. The third kappa shape index (κ3) is 7.23. The number of carbonyl (C=O) groups is 2. The van der Waals surface area contributed by atoms with Gasteiger partial charge in [0.25, 0.3) is 0 Å². The van der Waals surface area contributed by atoms with Crippen LogP contribution in [-0.4, -0.2) is 56.9 Å².